The van der Waals surface area contributed by atoms with Crippen molar-refractivity contribution < 1.29 is 28.2 Å². The Morgan fingerprint density at radius 1 is 1.31 bits per heavy atom. The van der Waals surface area contributed by atoms with Crippen molar-refractivity contribution in [2.45, 2.75) is 65.5 Å². The number of nitrogens with zero attached hydrogens (tertiary/aromatic N) is 2. The molecule has 0 aromatic heterocycles. The predicted molar refractivity (Wildman–Crippen MR) is 137 cm³/mol. The van der Waals surface area contributed by atoms with Crippen molar-refractivity contribution in [3.8, 4) is 5.75 Å². The minimum atomic E-state index is -1.01. The molecule has 2 heterocycles. The molecule has 1 aromatic carbocycles. The summed E-state index contributed by atoms with van der Waals surface area (Å²) >= 11 is 1.20. The fourth-order valence-electron chi connectivity index (χ4n) is 3.54. The van der Waals surface area contributed by atoms with Gasteiger partial charge in [0.1, 0.15) is 23.2 Å². The molecular weight excluding hydrogens is 487 g/mol. The molecule has 2 aliphatic heterocycles. The van der Waals surface area contributed by atoms with E-state index < -0.39 is 35.4 Å². The van der Waals surface area contributed by atoms with E-state index in [4.69, 9.17) is 9.47 Å². The van der Waals surface area contributed by atoms with Crippen molar-refractivity contribution in [1.82, 2.24) is 15.8 Å². The van der Waals surface area contributed by atoms with Gasteiger partial charge in [-0.3, -0.25) is 9.80 Å². The highest BCUT2D eigenvalue weighted by atomic mass is 32.2. The molecule has 1 atom stereocenters. The number of thioether (sulfide) groups is 1. The average Bonchev–Trinajstić information content (AvgIpc) is 3.14. The van der Waals surface area contributed by atoms with E-state index in [-0.39, 0.29) is 18.1 Å². The van der Waals surface area contributed by atoms with Crippen LogP contribution < -0.4 is 15.5 Å². The van der Waals surface area contributed by atoms with Gasteiger partial charge in [0.2, 0.25) is 0 Å². The van der Waals surface area contributed by atoms with Crippen LogP contribution in [0.15, 0.2) is 28.1 Å². The third kappa shape index (κ3) is 8.06. The molecule has 36 heavy (non-hydrogen) atoms. The number of amides is 2. The predicted octanol–water partition coefficient (Wildman–Crippen LogP) is 4.24. The number of hydrogen-bond donors (Lipinski definition) is 2. The summed E-state index contributed by atoms with van der Waals surface area (Å²) < 4.78 is 24.9. The molecular formula is C25H33FN4O5S. The van der Waals surface area contributed by atoms with Crippen molar-refractivity contribution in [2.75, 3.05) is 13.1 Å². The Labute approximate surface area is 214 Å². The Kier molecular flexibility index (Phi) is 9.13. The number of carbonyl (C=O) groups is 3. The van der Waals surface area contributed by atoms with E-state index in [2.05, 4.69) is 15.7 Å². The number of amidine groups is 1. The van der Waals surface area contributed by atoms with Gasteiger partial charge in [0.25, 0.3) is 5.91 Å². The minimum Gasteiger partial charge on any atom is -0.444 e. The van der Waals surface area contributed by atoms with E-state index in [0.717, 1.165) is 32.0 Å². The summed E-state index contributed by atoms with van der Waals surface area (Å²) in [7, 11) is 0. The van der Waals surface area contributed by atoms with Crippen molar-refractivity contribution in [3.05, 3.63) is 34.5 Å². The molecule has 1 aromatic rings. The molecule has 2 N–H and O–H groups in total. The summed E-state index contributed by atoms with van der Waals surface area (Å²) in [5.41, 5.74) is 2.80. The summed E-state index contributed by atoms with van der Waals surface area (Å²) in [6.07, 6.45) is 3.10. The molecule has 1 fully saturated rings. The number of aliphatic imine (C=N–C) groups is 1. The lowest BCUT2D eigenvalue weighted by Crippen LogP contribution is -2.45. The summed E-state index contributed by atoms with van der Waals surface area (Å²) in [5, 5.41) is 4.94. The number of halogens is 1. The van der Waals surface area contributed by atoms with Crippen LogP contribution in [0, 0.1) is 11.7 Å². The zero-order valence-corrected chi connectivity index (χ0v) is 22.0. The van der Waals surface area contributed by atoms with Gasteiger partial charge in [0.05, 0.1) is 4.91 Å². The third-order valence-electron chi connectivity index (χ3n) is 5.11. The molecule has 1 unspecified atom stereocenters. The molecule has 1 saturated heterocycles. The van der Waals surface area contributed by atoms with Gasteiger partial charge in [0, 0.05) is 24.7 Å². The summed E-state index contributed by atoms with van der Waals surface area (Å²) in [6, 6.07) is 2.70. The Hall–Kier alpha value is -2.92. The Morgan fingerprint density at radius 3 is 2.69 bits per heavy atom. The number of hydrogen-bond acceptors (Lipinski definition) is 8. The van der Waals surface area contributed by atoms with Crippen molar-refractivity contribution in [1.29, 1.82) is 0 Å². The molecule has 9 nitrogen and oxygen atoms in total. The fraction of sp³-hybridized carbons (Fsp3) is 0.520. The van der Waals surface area contributed by atoms with Gasteiger partial charge in [-0.05, 0) is 75.9 Å². The first-order valence-corrected chi connectivity index (χ1v) is 12.8. The first kappa shape index (κ1) is 27.7. The van der Waals surface area contributed by atoms with Crippen LogP contribution in [0.5, 0.6) is 5.75 Å². The van der Waals surface area contributed by atoms with E-state index >= 15 is 0 Å². The number of ether oxygens (including phenoxy) is 2. The zero-order chi connectivity index (χ0) is 26.5. The standard InChI is InChI=1S/C25H33FN4O5S/c1-15(2)12-18(28-24(33)35-25(3,4)5)22(32)34-19-14-17(26)9-8-16(19)13-20-21(31)29-23(36-20)30-11-7-6-10-27-30/h8-9,13-15,18,27H,6-7,10-12H2,1-5H3,(H,28,33). The maximum Gasteiger partial charge on any atom is 0.408 e. The lowest BCUT2D eigenvalue weighted by Gasteiger charge is -2.28. The molecule has 0 radical (unpaired) electrons. The molecule has 2 amide bonds. The highest BCUT2D eigenvalue weighted by molar-refractivity contribution is 8.18. The van der Waals surface area contributed by atoms with Gasteiger partial charge in [-0.15, -0.1) is 0 Å². The second-order valence-electron chi connectivity index (χ2n) is 10.0. The molecule has 11 heteroatoms. The van der Waals surface area contributed by atoms with Crippen LogP contribution in [0.1, 0.15) is 59.4 Å². The first-order chi connectivity index (χ1) is 16.9. The summed E-state index contributed by atoms with van der Waals surface area (Å²) in [5.74, 6) is -1.81. The van der Waals surface area contributed by atoms with E-state index in [1.807, 2.05) is 18.9 Å². The second kappa shape index (κ2) is 11.9. The number of nitrogens with one attached hydrogen (secondary N) is 2. The number of benzene rings is 1. The van der Waals surface area contributed by atoms with Crippen molar-refractivity contribution in [2.24, 2.45) is 10.9 Å². The smallest absolute Gasteiger partial charge is 0.408 e. The van der Waals surface area contributed by atoms with Crippen LogP contribution in [-0.2, 0) is 14.3 Å². The topological polar surface area (TPSA) is 109 Å². The summed E-state index contributed by atoms with van der Waals surface area (Å²) in [6.45, 7) is 10.5. The van der Waals surface area contributed by atoms with Crippen LogP contribution in [0.25, 0.3) is 6.08 Å². The van der Waals surface area contributed by atoms with Gasteiger partial charge in [-0.25, -0.2) is 19.4 Å². The Morgan fingerprint density at radius 2 is 2.06 bits per heavy atom. The monoisotopic (exact) mass is 520 g/mol. The normalized spacial score (nSPS) is 18.3. The van der Waals surface area contributed by atoms with Crippen LogP contribution in [-0.4, -0.2) is 52.9 Å². The van der Waals surface area contributed by atoms with Crippen LogP contribution in [0.2, 0.25) is 0 Å². The number of esters is 1. The van der Waals surface area contributed by atoms with Gasteiger partial charge in [-0.2, -0.15) is 4.99 Å². The molecule has 196 valence electrons. The number of alkyl carbamates (subject to hydrolysis) is 1. The van der Waals surface area contributed by atoms with E-state index in [1.54, 1.807) is 20.8 Å². The third-order valence-corrected chi connectivity index (χ3v) is 6.11. The molecule has 0 aliphatic carbocycles. The van der Waals surface area contributed by atoms with Crippen LogP contribution >= 0.6 is 11.8 Å². The maximum atomic E-state index is 14.1. The zero-order valence-electron chi connectivity index (χ0n) is 21.2. The number of hydrazine groups is 1. The molecule has 0 spiro atoms. The van der Waals surface area contributed by atoms with E-state index in [1.165, 1.54) is 30.0 Å². The van der Waals surface area contributed by atoms with Crippen LogP contribution in [0.4, 0.5) is 9.18 Å². The van der Waals surface area contributed by atoms with Gasteiger partial charge in [0.15, 0.2) is 5.17 Å². The molecule has 0 saturated carbocycles. The summed E-state index contributed by atoms with van der Waals surface area (Å²) in [4.78, 5) is 42.3. The maximum absolute atomic E-state index is 14.1. The Bertz CT molecular complexity index is 1060. The van der Waals surface area contributed by atoms with Gasteiger partial charge < -0.3 is 14.8 Å². The SMILES string of the molecule is CC(C)CC(NC(=O)OC(C)(C)C)C(=O)Oc1cc(F)ccc1C=C1SC(N2CCCCN2)=NC1=O. The highest BCUT2D eigenvalue weighted by Crippen LogP contribution is 2.33. The lowest BCUT2D eigenvalue weighted by molar-refractivity contribution is -0.137. The van der Waals surface area contributed by atoms with E-state index in [9.17, 15) is 18.8 Å². The van der Waals surface area contributed by atoms with Crippen LogP contribution in [0.3, 0.4) is 0 Å². The quantitative estimate of drug-likeness (QED) is 0.326. The van der Waals surface area contributed by atoms with Gasteiger partial charge in [-0.1, -0.05) is 13.8 Å². The number of carbonyl (C=O) groups excluding carboxylic acids is 3. The Balaban J connectivity index is 1.78. The molecule has 2 aliphatic rings. The largest absolute Gasteiger partial charge is 0.444 e. The van der Waals surface area contributed by atoms with Crippen molar-refractivity contribution >= 4 is 41.0 Å². The lowest BCUT2D eigenvalue weighted by atomic mass is 10.0. The fourth-order valence-corrected chi connectivity index (χ4v) is 4.45. The first-order valence-electron chi connectivity index (χ1n) is 12.0. The molecule has 3 rings (SSSR count). The molecule has 0 bridgehead atoms. The van der Waals surface area contributed by atoms with Crippen molar-refractivity contribution in [3.63, 3.8) is 0 Å². The number of rotatable bonds is 6. The van der Waals surface area contributed by atoms with Gasteiger partial charge >= 0.3 is 12.1 Å². The van der Waals surface area contributed by atoms with E-state index in [0.29, 0.717) is 15.6 Å². The second-order valence-corrected chi connectivity index (χ2v) is 11.0. The average molecular weight is 521 g/mol. The minimum absolute atomic E-state index is 0.0538. The highest BCUT2D eigenvalue weighted by Gasteiger charge is 2.29.